The smallest absolute Gasteiger partial charge is 0.305 e. The third-order valence-electron chi connectivity index (χ3n) is 2.71. The Bertz CT molecular complexity index is 478. The second kappa shape index (κ2) is 6.01. The molecule has 96 valence electrons. The molecule has 0 aliphatic heterocycles. The van der Waals surface area contributed by atoms with Gasteiger partial charge in [0, 0.05) is 18.8 Å². The van der Waals surface area contributed by atoms with Crippen LogP contribution in [0.3, 0.4) is 0 Å². The van der Waals surface area contributed by atoms with Crippen LogP contribution < -0.4 is 4.90 Å². The molecule has 0 spiro atoms. The van der Waals surface area contributed by atoms with Gasteiger partial charge in [0.2, 0.25) is 0 Å². The van der Waals surface area contributed by atoms with Gasteiger partial charge in [-0.2, -0.15) is 5.26 Å². The van der Waals surface area contributed by atoms with E-state index < -0.39 is 5.97 Å². The van der Waals surface area contributed by atoms with Crippen molar-refractivity contribution < 1.29 is 9.90 Å². The summed E-state index contributed by atoms with van der Waals surface area (Å²) in [4.78, 5) is 16.7. The maximum absolute atomic E-state index is 10.7. The van der Waals surface area contributed by atoms with Gasteiger partial charge in [-0.25, -0.2) is 4.98 Å². The van der Waals surface area contributed by atoms with E-state index >= 15 is 0 Å². The van der Waals surface area contributed by atoms with E-state index in [-0.39, 0.29) is 12.5 Å². The van der Waals surface area contributed by atoms with Crippen LogP contribution >= 0.6 is 0 Å². The van der Waals surface area contributed by atoms with E-state index in [9.17, 15) is 10.1 Å². The van der Waals surface area contributed by atoms with Crippen LogP contribution in [0.5, 0.6) is 0 Å². The third-order valence-corrected chi connectivity index (χ3v) is 2.71. The second-order valence-corrected chi connectivity index (χ2v) is 4.37. The second-order valence-electron chi connectivity index (χ2n) is 4.37. The fourth-order valence-electron chi connectivity index (χ4n) is 1.72. The first-order valence-corrected chi connectivity index (χ1v) is 5.81. The normalized spacial score (nSPS) is 10.2. The van der Waals surface area contributed by atoms with Crippen LogP contribution in [0, 0.1) is 18.3 Å². The van der Waals surface area contributed by atoms with Crippen LogP contribution in [-0.2, 0) is 4.79 Å². The largest absolute Gasteiger partial charge is 0.481 e. The molecule has 0 aliphatic rings. The monoisotopic (exact) mass is 247 g/mol. The summed E-state index contributed by atoms with van der Waals surface area (Å²) >= 11 is 0. The number of nitrogens with zero attached hydrogens (tertiary/aromatic N) is 3. The maximum atomic E-state index is 10.7. The summed E-state index contributed by atoms with van der Waals surface area (Å²) in [5.41, 5.74) is 1.36. The Kier molecular flexibility index (Phi) is 4.67. The molecule has 5 nitrogen and oxygen atoms in total. The summed E-state index contributed by atoms with van der Waals surface area (Å²) in [6.07, 6.45) is 1.67. The molecule has 0 radical (unpaired) electrons. The zero-order valence-corrected chi connectivity index (χ0v) is 10.8. The summed E-state index contributed by atoms with van der Waals surface area (Å²) in [5.74, 6) is -0.291. The highest BCUT2D eigenvalue weighted by Gasteiger charge is 2.18. The van der Waals surface area contributed by atoms with Crippen LogP contribution in [-0.4, -0.2) is 28.6 Å². The summed E-state index contributed by atoms with van der Waals surface area (Å²) in [6, 6.07) is 4.00. The number of aryl methyl sites for hydroxylation is 1. The Balaban J connectivity index is 3.10. The van der Waals surface area contributed by atoms with E-state index in [1.54, 1.807) is 12.3 Å². The highest BCUT2D eigenvalue weighted by molar-refractivity contribution is 5.68. The summed E-state index contributed by atoms with van der Waals surface area (Å²) < 4.78 is 0. The number of aliphatic carboxylic acids is 1. The summed E-state index contributed by atoms with van der Waals surface area (Å²) in [5, 5.41) is 17.9. The topological polar surface area (TPSA) is 77.2 Å². The molecule has 0 unspecified atom stereocenters. The van der Waals surface area contributed by atoms with E-state index in [2.05, 4.69) is 11.1 Å². The molecule has 0 fully saturated rings. The van der Waals surface area contributed by atoms with Crippen molar-refractivity contribution in [3.8, 4) is 6.07 Å². The fraction of sp³-hybridized carbons (Fsp3) is 0.462. The predicted octanol–water partition coefficient (Wildman–Crippen LogP) is 1.95. The number of carboxylic acid groups (broad SMARTS) is 1. The lowest BCUT2D eigenvalue weighted by Crippen LogP contribution is -2.34. The Hall–Kier alpha value is -2.09. The molecule has 0 aromatic carbocycles. The first-order chi connectivity index (χ1) is 8.47. The van der Waals surface area contributed by atoms with Gasteiger partial charge in [-0.05, 0) is 32.4 Å². The average molecular weight is 247 g/mol. The van der Waals surface area contributed by atoms with Crippen molar-refractivity contribution in [2.24, 2.45) is 0 Å². The number of rotatable bonds is 5. The first kappa shape index (κ1) is 14.0. The van der Waals surface area contributed by atoms with Crippen molar-refractivity contribution in [1.82, 2.24) is 4.98 Å². The molecule has 1 rings (SSSR count). The SMILES string of the molecule is Cc1ccnc(N(CCC(=O)O)C(C)C)c1C#N. The minimum Gasteiger partial charge on any atom is -0.481 e. The minimum atomic E-state index is -0.855. The van der Waals surface area contributed by atoms with Crippen LogP contribution in [0.25, 0.3) is 0 Å². The fourth-order valence-corrected chi connectivity index (χ4v) is 1.72. The molecule has 1 N–H and O–H groups in total. The van der Waals surface area contributed by atoms with Gasteiger partial charge in [0.1, 0.15) is 11.9 Å². The van der Waals surface area contributed by atoms with Crippen molar-refractivity contribution in [2.75, 3.05) is 11.4 Å². The number of nitriles is 1. The van der Waals surface area contributed by atoms with Gasteiger partial charge in [-0.15, -0.1) is 0 Å². The Morgan fingerprint density at radius 2 is 2.28 bits per heavy atom. The first-order valence-electron chi connectivity index (χ1n) is 5.81. The lowest BCUT2D eigenvalue weighted by molar-refractivity contribution is -0.136. The molecule has 0 aliphatic carbocycles. The average Bonchev–Trinajstić information content (AvgIpc) is 2.28. The van der Waals surface area contributed by atoms with Crippen LogP contribution in [0.2, 0.25) is 0 Å². The Labute approximate surface area is 107 Å². The maximum Gasteiger partial charge on any atom is 0.305 e. The molecular formula is C13H17N3O2. The van der Waals surface area contributed by atoms with Gasteiger partial charge >= 0.3 is 5.97 Å². The molecule has 5 heteroatoms. The molecule has 0 amide bonds. The van der Waals surface area contributed by atoms with Gasteiger partial charge < -0.3 is 10.0 Å². The number of hydrogen-bond donors (Lipinski definition) is 1. The number of carbonyl (C=O) groups is 1. The summed E-state index contributed by atoms with van der Waals surface area (Å²) in [7, 11) is 0. The zero-order valence-electron chi connectivity index (χ0n) is 10.8. The molecule has 1 heterocycles. The molecule has 1 aromatic heterocycles. The third kappa shape index (κ3) is 3.20. The van der Waals surface area contributed by atoms with Crippen LogP contribution in [0.15, 0.2) is 12.3 Å². The molecule has 1 aromatic rings. The Morgan fingerprint density at radius 1 is 1.61 bits per heavy atom. The van der Waals surface area contributed by atoms with E-state index in [1.165, 1.54) is 0 Å². The van der Waals surface area contributed by atoms with E-state index in [1.807, 2.05) is 25.7 Å². The lowest BCUT2D eigenvalue weighted by Gasteiger charge is -2.28. The molecule has 0 saturated carbocycles. The van der Waals surface area contributed by atoms with Crippen molar-refractivity contribution in [3.05, 3.63) is 23.4 Å². The Morgan fingerprint density at radius 3 is 2.78 bits per heavy atom. The predicted molar refractivity (Wildman–Crippen MR) is 68.4 cm³/mol. The summed E-state index contributed by atoms with van der Waals surface area (Å²) in [6.45, 7) is 6.09. The van der Waals surface area contributed by atoms with E-state index in [0.717, 1.165) is 5.56 Å². The molecule has 0 bridgehead atoms. The van der Waals surface area contributed by atoms with Gasteiger partial charge in [0.05, 0.1) is 12.0 Å². The van der Waals surface area contributed by atoms with Crippen molar-refractivity contribution in [3.63, 3.8) is 0 Å². The van der Waals surface area contributed by atoms with Crippen LogP contribution in [0.4, 0.5) is 5.82 Å². The van der Waals surface area contributed by atoms with Crippen molar-refractivity contribution in [2.45, 2.75) is 33.2 Å². The molecule has 18 heavy (non-hydrogen) atoms. The van der Waals surface area contributed by atoms with Crippen molar-refractivity contribution in [1.29, 1.82) is 5.26 Å². The number of pyridine rings is 1. The number of carboxylic acids is 1. The number of aromatic nitrogens is 1. The van der Waals surface area contributed by atoms with Gasteiger partial charge in [-0.3, -0.25) is 4.79 Å². The lowest BCUT2D eigenvalue weighted by atomic mass is 10.1. The number of anilines is 1. The highest BCUT2D eigenvalue weighted by atomic mass is 16.4. The van der Waals surface area contributed by atoms with Gasteiger partial charge in [0.25, 0.3) is 0 Å². The van der Waals surface area contributed by atoms with E-state index in [4.69, 9.17) is 5.11 Å². The minimum absolute atomic E-state index is 0.0265. The highest BCUT2D eigenvalue weighted by Crippen LogP contribution is 2.22. The van der Waals surface area contributed by atoms with E-state index in [0.29, 0.717) is 17.9 Å². The quantitative estimate of drug-likeness (QED) is 0.860. The van der Waals surface area contributed by atoms with Crippen LogP contribution in [0.1, 0.15) is 31.4 Å². The molecule has 0 saturated heterocycles. The van der Waals surface area contributed by atoms with Gasteiger partial charge in [-0.1, -0.05) is 0 Å². The molecular weight excluding hydrogens is 230 g/mol. The van der Waals surface area contributed by atoms with Gasteiger partial charge in [0.15, 0.2) is 0 Å². The van der Waals surface area contributed by atoms with Crippen molar-refractivity contribution >= 4 is 11.8 Å². The zero-order chi connectivity index (χ0) is 13.7. The molecule has 0 atom stereocenters. The number of hydrogen-bond acceptors (Lipinski definition) is 4. The standard InChI is InChI=1S/C13H17N3O2/c1-9(2)16(7-5-12(17)18)13-11(8-14)10(3)4-6-15-13/h4,6,9H,5,7H2,1-3H3,(H,17,18).